The van der Waals surface area contributed by atoms with Gasteiger partial charge in [0, 0.05) is 23.7 Å². The van der Waals surface area contributed by atoms with E-state index in [1.807, 2.05) is 6.92 Å². The topological polar surface area (TPSA) is 59.5 Å². The molecule has 2 rings (SSSR count). The Morgan fingerprint density at radius 3 is 2.80 bits per heavy atom. The number of carbonyl (C=O) groups is 1. The lowest BCUT2D eigenvalue weighted by atomic mass is 10.3. The first-order chi connectivity index (χ1) is 9.52. The van der Waals surface area contributed by atoms with Crippen LogP contribution in [0.3, 0.4) is 0 Å². The van der Waals surface area contributed by atoms with Gasteiger partial charge in [0.2, 0.25) is 5.91 Å². The fourth-order valence-corrected chi connectivity index (χ4v) is 2.07. The summed E-state index contributed by atoms with van der Waals surface area (Å²) in [4.78, 5) is 16.1. The molecule has 0 saturated heterocycles. The molecule has 0 aliphatic rings. The summed E-state index contributed by atoms with van der Waals surface area (Å²) in [5, 5.41) is 10.9. The first-order valence-electron chi connectivity index (χ1n) is 6.06. The standard InChI is InChI=1S/C13H13Cl2N3O2/c1-2-3-13(19)16-12-6-7-17(18(12)20)11-8-9(14)4-5-10(11)15/h4-8,20H,2-3H2,1H3. The molecule has 0 saturated carbocycles. The van der Waals surface area contributed by atoms with E-state index in [0.29, 0.717) is 28.6 Å². The van der Waals surface area contributed by atoms with E-state index in [1.54, 1.807) is 24.4 Å². The van der Waals surface area contributed by atoms with Gasteiger partial charge in [0.1, 0.15) is 0 Å². The van der Waals surface area contributed by atoms with Crippen LogP contribution >= 0.6 is 23.2 Å². The molecule has 106 valence electrons. The van der Waals surface area contributed by atoms with Crippen LogP contribution in [-0.2, 0) is 4.79 Å². The predicted molar refractivity (Wildman–Crippen MR) is 76.4 cm³/mol. The second-order valence-electron chi connectivity index (χ2n) is 4.16. The molecule has 1 N–H and O–H groups in total. The fourth-order valence-electron chi connectivity index (χ4n) is 1.70. The Morgan fingerprint density at radius 1 is 1.35 bits per heavy atom. The van der Waals surface area contributed by atoms with E-state index in [2.05, 4.69) is 4.99 Å². The van der Waals surface area contributed by atoms with Crippen LogP contribution in [0, 0.1) is 0 Å². The van der Waals surface area contributed by atoms with Crippen molar-refractivity contribution in [3.63, 3.8) is 0 Å². The quantitative estimate of drug-likeness (QED) is 0.885. The molecule has 0 fully saturated rings. The van der Waals surface area contributed by atoms with Crippen molar-refractivity contribution in [2.45, 2.75) is 19.8 Å². The van der Waals surface area contributed by atoms with Crippen LogP contribution in [0.25, 0.3) is 5.69 Å². The van der Waals surface area contributed by atoms with Gasteiger partial charge >= 0.3 is 0 Å². The Morgan fingerprint density at radius 2 is 2.10 bits per heavy atom. The molecule has 0 radical (unpaired) electrons. The van der Waals surface area contributed by atoms with E-state index in [9.17, 15) is 10.0 Å². The molecular formula is C13H13Cl2N3O2. The van der Waals surface area contributed by atoms with Gasteiger partial charge in [0.05, 0.1) is 10.7 Å². The van der Waals surface area contributed by atoms with Crippen molar-refractivity contribution in [2.75, 3.05) is 0 Å². The number of benzene rings is 1. The number of aromatic nitrogens is 2. The molecular weight excluding hydrogens is 301 g/mol. The largest absolute Gasteiger partial charge is 0.411 e. The van der Waals surface area contributed by atoms with Gasteiger partial charge in [0.15, 0.2) is 5.49 Å². The van der Waals surface area contributed by atoms with Crippen molar-refractivity contribution < 1.29 is 10.0 Å². The van der Waals surface area contributed by atoms with Crippen LogP contribution in [0.4, 0.5) is 0 Å². The Balaban J connectivity index is 2.48. The first kappa shape index (κ1) is 14.7. The first-order valence-corrected chi connectivity index (χ1v) is 6.81. The van der Waals surface area contributed by atoms with E-state index in [0.717, 1.165) is 4.85 Å². The van der Waals surface area contributed by atoms with Gasteiger partial charge in [-0.3, -0.25) is 4.79 Å². The van der Waals surface area contributed by atoms with E-state index in [-0.39, 0.29) is 11.4 Å². The highest BCUT2D eigenvalue weighted by Gasteiger charge is 2.08. The monoisotopic (exact) mass is 313 g/mol. The molecule has 1 aromatic heterocycles. The molecule has 1 amide bonds. The summed E-state index contributed by atoms with van der Waals surface area (Å²) in [5.74, 6) is -0.287. The van der Waals surface area contributed by atoms with Crippen LogP contribution in [0.5, 0.6) is 0 Å². The minimum atomic E-state index is -0.287. The van der Waals surface area contributed by atoms with Crippen molar-refractivity contribution in [3.8, 4) is 5.69 Å². The smallest absolute Gasteiger partial charge is 0.247 e. The maximum atomic E-state index is 11.5. The highest BCUT2D eigenvalue weighted by Crippen LogP contribution is 2.23. The SMILES string of the molecule is CCCC(=O)N=c1ccn(-c2cc(Cl)ccc2Cl)n1O. The van der Waals surface area contributed by atoms with E-state index in [4.69, 9.17) is 23.2 Å². The summed E-state index contributed by atoms with van der Waals surface area (Å²) in [6.45, 7) is 1.89. The molecule has 0 atom stereocenters. The van der Waals surface area contributed by atoms with Crippen molar-refractivity contribution in [3.05, 3.63) is 46.0 Å². The van der Waals surface area contributed by atoms with Crippen LogP contribution in [-0.4, -0.2) is 20.6 Å². The fraction of sp³-hybridized carbons (Fsp3) is 0.231. The van der Waals surface area contributed by atoms with E-state index in [1.165, 1.54) is 10.7 Å². The highest BCUT2D eigenvalue weighted by molar-refractivity contribution is 6.34. The molecule has 0 aliphatic heterocycles. The van der Waals surface area contributed by atoms with Gasteiger partial charge in [-0.15, -0.1) is 0 Å². The van der Waals surface area contributed by atoms with Crippen molar-refractivity contribution in [1.29, 1.82) is 0 Å². The van der Waals surface area contributed by atoms with Crippen molar-refractivity contribution in [2.24, 2.45) is 4.99 Å². The molecule has 20 heavy (non-hydrogen) atoms. The second-order valence-corrected chi connectivity index (χ2v) is 5.00. The maximum absolute atomic E-state index is 11.5. The normalized spacial score (nSPS) is 11.8. The number of halogens is 2. The van der Waals surface area contributed by atoms with Crippen LogP contribution in [0.15, 0.2) is 35.5 Å². The highest BCUT2D eigenvalue weighted by atomic mass is 35.5. The van der Waals surface area contributed by atoms with Gasteiger partial charge in [-0.1, -0.05) is 35.0 Å². The summed E-state index contributed by atoms with van der Waals surface area (Å²) in [6.07, 6.45) is 2.59. The predicted octanol–water partition coefficient (Wildman–Crippen LogP) is 3.05. The molecule has 0 spiro atoms. The lowest BCUT2D eigenvalue weighted by Crippen LogP contribution is -2.22. The van der Waals surface area contributed by atoms with Crippen molar-refractivity contribution in [1.82, 2.24) is 9.53 Å². The molecule has 0 unspecified atom stereocenters. The third-order valence-corrected chi connectivity index (χ3v) is 3.19. The summed E-state index contributed by atoms with van der Waals surface area (Å²) < 4.78 is 1.35. The third kappa shape index (κ3) is 3.05. The third-order valence-electron chi connectivity index (χ3n) is 2.63. The Labute approximate surface area is 125 Å². The maximum Gasteiger partial charge on any atom is 0.247 e. The van der Waals surface area contributed by atoms with Gasteiger partial charge in [-0.05, 0) is 24.6 Å². The lowest BCUT2D eigenvalue weighted by molar-refractivity contribution is -0.118. The summed E-state index contributed by atoms with van der Waals surface area (Å²) in [5.41, 5.74) is 0.630. The zero-order chi connectivity index (χ0) is 14.7. The average Bonchev–Trinajstić information content (AvgIpc) is 2.74. The van der Waals surface area contributed by atoms with Crippen LogP contribution in [0.1, 0.15) is 19.8 Å². The number of rotatable bonds is 3. The summed E-state index contributed by atoms with van der Waals surface area (Å²) in [7, 11) is 0. The molecule has 1 aromatic carbocycles. The number of hydrogen-bond donors (Lipinski definition) is 1. The number of hydrogen-bond acceptors (Lipinski definition) is 2. The second kappa shape index (κ2) is 6.15. The Bertz CT molecular complexity index is 704. The van der Waals surface area contributed by atoms with Gasteiger partial charge in [0.25, 0.3) is 0 Å². The lowest BCUT2D eigenvalue weighted by Gasteiger charge is -2.08. The van der Waals surface area contributed by atoms with E-state index < -0.39 is 0 Å². The molecule has 0 bridgehead atoms. The number of amides is 1. The minimum absolute atomic E-state index is 0.138. The molecule has 7 heteroatoms. The van der Waals surface area contributed by atoms with Crippen molar-refractivity contribution >= 4 is 29.1 Å². The molecule has 0 aliphatic carbocycles. The van der Waals surface area contributed by atoms with E-state index >= 15 is 0 Å². The Hall–Kier alpha value is -1.72. The van der Waals surface area contributed by atoms with Gasteiger partial charge in [-0.25, -0.2) is 4.68 Å². The minimum Gasteiger partial charge on any atom is -0.411 e. The molecule has 1 heterocycles. The number of carbonyl (C=O) groups excluding carboxylic acids is 1. The van der Waals surface area contributed by atoms with Crippen LogP contribution in [0.2, 0.25) is 10.0 Å². The van der Waals surface area contributed by atoms with Gasteiger partial charge in [-0.2, -0.15) is 4.99 Å². The summed E-state index contributed by atoms with van der Waals surface area (Å²) >= 11 is 12.0. The molecule has 2 aromatic rings. The average molecular weight is 314 g/mol. The zero-order valence-electron chi connectivity index (χ0n) is 10.8. The van der Waals surface area contributed by atoms with Crippen LogP contribution < -0.4 is 5.49 Å². The van der Waals surface area contributed by atoms with Gasteiger partial charge < -0.3 is 5.21 Å². The number of nitrogens with zero attached hydrogens (tertiary/aromatic N) is 3. The zero-order valence-corrected chi connectivity index (χ0v) is 12.3. The molecule has 5 nitrogen and oxygen atoms in total. The summed E-state index contributed by atoms with van der Waals surface area (Å²) in [6, 6.07) is 6.39. The Kier molecular flexibility index (Phi) is 4.52.